The van der Waals surface area contributed by atoms with Crippen molar-refractivity contribution in [3.05, 3.63) is 34.9 Å². The number of rotatable bonds is 3. The second kappa shape index (κ2) is 5.88. The van der Waals surface area contributed by atoms with Crippen LogP contribution in [0.25, 0.3) is 0 Å². The highest BCUT2D eigenvalue weighted by Gasteiger charge is 2.39. The lowest BCUT2D eigenvalue weighted by Crippen LogP contribution is -2.48. The summed E-state index contributed by atoms with van der Waals surface area (Å²) in [5, 5.41) is 9.33. The molecule has 0 spiro atoms. The van der Waals surface area contributed by atoms with Gasteiger partial charge in [0.25, 0.3) is 0 Å². The van der Waals surface area contributed by atoms with Crippen LogP contribution in [0.4, 0.5) is 0 Å². The van der Waals surface area contributed by atoms with Gasteiger partial charge in [0.1, 0.15) is 0 Å². The van der Waals surface area contributed by atoms with Gasteiger partial charge in [0.2, 0.25) is 5.91 Å². The van der Waals surface area contributed by atoms with E-state index in [1.165, 1.54) is 0 Å². The van der Waals surface area contributed by atoms with Gasteiger partial charge in [0, 0.05) is 13.1 Å². The summed E-state index contributed by atoms with van der Waals surface area (Å²) < 4.78 is 0. The average molecular weight is 289 g/mol. The van der Waals surface area contributed by atoms with Crippen LogP contribution in [-0.4, -0.2) is 35.0 Å². The van der Waals surface area contributed by atoms with Crippen molar-refractivity contribution in [3.8, 4) is 0 Å². The fourth-order valence-corrected chi connectivity index (χ4v) is 2.89. The summed E-state index contributed by atoms with van der Waals surface area (Å²) in [5.41, 5.74) is 2.46. The summed E-state index contributed by atoms with van der Waals surface area (Å²) >= 11 is 0. The zero-order chi connectivity index (χ0) is 15.6. The molecule has 1 fully saturated rings. The molecule has 4 heteroatoms. The Morgan fingerprint density at radius 1 is 1.33 bits per heavy atom. The molecule has 1 atom stereocenters. The first-order chi connectivity index (χ1) is 9.82. The maximum atomic E-state index is 12.5. The Morgan fingerprint density at radius 3 is 2.71 bits per heavy atom. The minimum Gasteiger partial charge on any atom is -0.481 e. The molecule has 1 aliphatic heterocycles. The first-order valence-electron chi connectivity index (χ1n) is 7.39. The summed E-state index contributed by atoms with van der Waals surface area (Å²) in [7, 11) is 0. The third kappa shape index (κ3) is 3.43. The molecule has 1 amide bonds. The van der Waals surface area contributed by atoms with Gasteiger partial charge in [-0.15, -0.1) is 0 Å². The van der Waals surface area contributed by atoms with Crippen LogP contribution in [0.2, 0.25) is 0 Å². The predicted molar refractivity (Wildman–Crippen MR) is 81.2 cm³/mol. The minimum atomic E-state index is -0.813. The number of carboxylic acid groups (broad SMARTS) is 1. The van der Waals surface area contributed by atoms with Crippen LogP contribution in [0.3, 0.4) is 0 Å². The summed E-state index contributed by atoms with van der Waals surface area (Å²) in [6.45, 7) is 6.71. The van der Waals surface area contributed by atoms with E-state index in [-0.39, 0.29) is 5.91 Å². The molecule has 1 unspecified atom stereocenters. The first kappa shape index (κ1) is 15.5. The molecule has 1 aromatic carbocycles. The van der Waals surface area contributed by atoms with Crippen LogP contribution >= 0.6 is 0 Å². The van der Waals surface area contributed by atoms with Crippen LogP contribution in [0.1, 0.15) is 36.5 Å². The number of piperidine rings is 1. The van der Waals surface area contributed by atoms with E-state index in [2.05, 4.69) is 0 Å². The van der Waals surface area contributed by atoms with Crippen molar-refractivity contribution in [1.82, 2.24) is 4.90 Å². The quantitative estimate of drug-likeness (QED) is 0.930. The Hall–Kier alpha value is -1.84. The fraction of sp³-hybridized carbons (Fsp3) is 0.529. The second-order valence-corrected chi connectivity index (χ2v) is 6.39. The highest BCUT2D eigenvalue weighted by atomic mass is 16.4. The predicted octanol–water partition coefficient (Wildman–Crippen LogP) is 2.56. The topological polar surface area (TPSA) is 57.6 Å². The molecule has 4 nitrogen and oxygen atoms in total. The van der Waals surface area contributed by atoms with E-state index in [4.69, 9.17) is 0 Å². The molecule has 0 aliphatic carbocycles. The Kier molecular flexibility index (Phi) is 4.35. The SMILES string of the molecule is Cc1ccc(C)c(CC(=O)N2CCCC(C)(C(=O)O)C2)c1. The van der Waals surface area contributed by atoms with Gasteiger partial charge in [-0.3, -0.25) is 9.59 Å². The van der Waals surface area contributed by atoms with Gasteiger partial charge >= 0.3 is 5.97 Å². The van der Waals surface area contributed by atoms with Crippen molar-refractivity contribution in [3.63, 3.8) is 0 Å². The molecule has 1 aromatic rings. The average Bonchev–Trinajstić information content (AvgIpc) is 2.42. The smallest absolute Gasteiger partial charge is 0.311 e. The molecule has 0 radical (unpaired) electrons. The van der Waals surface area contributed by atoms with Crippen LogP contribution in [-0.2, 0) is 16.0 Å². The first-order valence-corrected chi connectivity index (χ1v) is 7.39. The third-order valence-corrected chi connectivity index (χ3v) is 4.41. The Morgan fingerprint density at radius 2 is 2.05 bits per heavy atom. The number of carboxylic acids is 1. The number of hydrogen-bond acceptors (Lipinski definition) is 2. The number of carbonyl (C=O) groups excluding carboxylic acids is 1. The molecular weight excluding hydrogens is 266 g/mol. The Bertz CT molecular complexity index is 567. The van der Waals surface area contributed by atoms with Gasteiger partial charge in [0.15, 0.2) is 0 Å². The molecule has 1 N–H and O–H groups in total. The van der Waals surface area contributed by atoms with Crippen molar-refractivity contribution in [2.75, 3.05) is 13.1 Å². The fourth-order valence-electron chi connectivity index (χ4n) is 2.89. The number of nitrogens with zero attached hydrogens (tertiary/aromatic N) is 1. The minimum absolute atomic E-state index is 0.0240. The van der Waals surface area contributed by atoms with Gasteiger partial charge in [-0.05, 0) is 44.7 Å². The van der Waals surface area contributed by atoms with Crippen LogP contribution in [0.5, 0.6) is 0 Å². The number of benzene rings is 1. The molecule has 1 aliphatic rings. The molecule has 1 heterocycles. The zero-order valence-corrected chi connectivity index (χ0v) is 13.0. The van der Waals surface area contributed by atoms with Gasteiger partial charge in [-0.25, -0.2) is 0 Å². The Balaban J connectivity index is 2.10. The van der Waals surface area contributed by atoms with Crippen LogP contribution < -0.4 is 0 Å². The highest BCUT2D eigenvalue weighted by molar-refractivity contribution is 5.81. The maximum Gasteiger partial charge on any atom is 0.311 e. The standard InChI is InChI=1S/C17H23NO3/c1-12-5-6-13(2)14(9-12)10-15(19)18-8-4-7-17(3,11-18)16(20)21/h5-6,9H,4,7-8,10-11H2,1-3H3,(H,20,21). The molecular formula is C17H23NO3. The van der Waals surface area contributed by atoms with E-state index >= 15 is 0 Å². The molecule has 0 bridgehead atoms. The number of amides is 1. The summed E-state index contributed by atoms with van der Waals surface area (Å²) in [6.07, 6.45) is 1.74. The highest BCUT2D eigenvalue weighted by Crippen LogP contribution is 2.30. The molecule has 114 valence electrons. The van der Waals surface area contributed by atoms with Gasteiger partial charge in [0.05, 0.1) is 11.8 Å². The number of aliphatic carboxylic acids is 1. The van der Waals surface area contributed by atoms with Crippen molar-refractivity contribution >= 4 is 11.9 Å². The van der Waals surface area contributed by atoms with Gasteiger partial charge in [-0.2, -0.15) is 0 Å². The van der Waals surface area contributed by atoms with E-state index < -0.39 is 11.4 Å². The number of likely N-dealkylation sites (tertiary alicyclic amines) is 1. The number of hydrogen-bond donors (Lipinski definition) is 1. The second-order valence-electron chi connectivity index (χ2n) is 6.39. The van der Waals surface area contributed by atoms with Crippen molar-refractivity contribution in [2.24, 2.45) is 5.41 Å². The van der Waals surface area contributed by atoms with Gasteiger partial charge in [-0.1, -0.05) is 23.8 Å². The zero-order valence-electron chi connectivity index (χ0n) is 13.0. The third-order valence-electron chi connectivity index (χ3n) is 4.41. The van der Waals surface area contributed by atoms with Crippen molar-refractivity contribution in [2.45, 2.75) is 40.0 Å². The number of aryl methyl sites for hydroxylation is 2. The summed E-state index contributed by atoms with van der Waals surface area (Å²) in [5.74, 6) is -0.789. The van der Waals surface area contributed by atoms with Crippen molar-refractivity contribution in [1.29, 1.82) is 0 Å². The maximum absolute atomic E-state index is 12.5. The lowest BCUT2D eigenvalue weighted by molar-refractivity contribution is -0.153. The van der Waals surface area contributed by atoms with E-state index in [0.717, 1.165) is 23.1 Å². The molecule has 0 aromatic heterocycles. The lowest BCUT2D eigenvalue weighted by Gasteiger charge is -2.37. The monoisotopic (exact) mass is 289 g/mol. The molecule has 1 saturated heterocycles. The molecule has 21 heavy (non-hydrogen) atoms. The van der Waals surface area contributed by atoms with Crippen LogP contribution in [0.15, 0.2) is 18.2 Å². The summed E-state index contributed by atoms with van der Waals surface area (Å²) in [4.78, 5) is 25.5. The van der Waals surface area contributed by atoms with E-state index in [0.29, 0.717) is 25.9 Å². The normalized spacial score (nSPS) is 22.1. The summed E-state index contributed by atoms with van der Waals surface area (Å²) in [6, 6.07) is 6.09. The van der Waals surface area contributed by atoms with E-state index in [1.807, 2.05) is 32.0 Å². The lowest BCUT2D eigenvalue weighted by atomic mass is 9.82. The number of carbonyl (C=O) groups is 2. The van der Waals surface area contributed by atoms with Crippen molar-refractivity contribution < 1.29 is 14.7 Å². The van der Waals surface area contributed by atoms with E-state index in [9.17, 15) is 14.7 Å². The van der Waals surface area contributed by atoms with Crippen LogP contribution in [0, 0.1) is 19.3 Å². The molecule has 2 rings (SSSR count). The van der Waals surface area contributed by atoms with Gasteiger partial charge < -0.3 is 10.0 Å². The Labute approximate surface area is 125 Å². The van der Waals surface area contributed by atoms with E-state index in [1.54, 1.807) is 11.8 Å². The largest absolute Gasteiger partial charge is 0.481 e. The molecule has 0 saturated carbocycles.